The summed E-state index contributed by atoms with van der Waals surface area (Å²) in [4.78, 5) is 0. The standard InChI is InChI=1S/C24H47O4P/c25-21-24-19-17-15-13-11-9-7-5-3-1-2-4-6-8-10-12-14-16-18-20-26-29(27-22-24)28-23-24/h25H,1-23H2. The average molecular weight is 431 g/mol. The molecular formula is C24H47O4P. The molecule has 2 bridgehead atoms. The average Bonchev–Trinajstić information content (AvgIpc) is 2.75. The molecule has 3 rings (SSSR count). The minimum Gasteiger partial charge on any atom is -0.396 e. The van der Waals surface area contributed by atoms with E-state index in [1.807, 2.05) is 0 Å². The number of aliphatic hydroxyl groups is 1. The first kappa shape index (κ1) is 25.5. The Labute approximate surface area is 181 Å². The van der Waals surface area contributed by atoms with Crippen molar-refractivity contribution < 1.29 is 18.7 Å². The largest absolute Gasteiger partial charge is 0.396 e. The normalized spacial score (nSPS) is 31.6. The highest BCUT2D eigenvalue weighted by Crippen LogP contribution is 2.48. The molecule has 3 heterocycles. The quantitative estimate of drug-likeness (QED) is 0.433. The monoisotopic (exact) mass is 430 g/mol. The third-order valence-corrected chi connectivity index (χ3v) is 7.66. The lowest BCUT2D eigenvalue weighted by atomic mass is 9.85. The lowest BCUT2D eigenvalue weighted by Crippen LogP contribution is -2.38. The molecule has 4 nitrogen and oxygen atoms in total. The van der Waals surface area contributed by atoms with Crippen LogP contribution in [-0.2, 0) is 13.6 Å². The van der Waals surface area contributed by atoms with E-state index in [0.717, 1.165) is 25.9 Å². The first-order chi connectivity index (χ1) is 14.3. The molecule has 0 aromatic rings. The van der Waals surface area contributed by atoms with Gasteiger partial charge in [0.25, 0.3) is 0 Å². The Hall–Kier alpha value is 0.270. The van der Waals surface area contributed by atoms with E-state index in [1.54, 1.807) is 0 Å². The van der Waals surface area contributed by atoms with Gasteiger partial charge in [-0.2, -0.15) is 0 Å². The molecule has 0 unspecified atom stereocenters. The SMILES string of the molecule is OCC12CCCCCCCCCCCCCCCCCCCCOP(OC1)OC2. The van der Waals surface area contributed by atoms with Gasteiger partial charge in [-0.1, -0.05) is 109 Å². The van der Waals surface area contributed by atoms with E-state index in [1.165, 1.54) is 103 Å². The zero-order chi connectivity index (χ0) is 20.5. The Morgan fingerprint density at radius 1 is 0.517 bits per heavy atom. The van der Waals surface area contributed by atoms with Crippen molar-refractivity contribution >= 4 is 8.60 Å². The van der Waals surface area contributed by atoms with Crippen molar-refractivity contribution in [1.29, 1.82) is 0 Å². The smallest absolute Gasteiger partial charge is 0.332 e. The number of hydrogen-bond acceptors (Lipinski definition) is 4. The summed E-state index contributed by atoms with van der Waals surface area (Å²) >= 11 is 0. The lowest BCUT2D eigenvalue weighted by Gasteiger charge is -2.37. The molecule has 3 aliphatic rings. The summed E-state index contributed by atoms with van der Waals surface area (Å²) in [6, 6.07) is 0. The van der Waals surface area contributed by atoms with Crippen LogP contribution in [0.15, 0.2) is 0 Å². The van der Waals surface area contributed by atoms with Gasteiger partial charge in [-0.25, -0.2) is 0 Å². The van der Waals surface area contributed by atoms with Crippen molar-refractivity contribution in [2.75, 3.05) is 26.4 Å². The van der Waals surface area contributed by atoms with Crippen LogP contribution in [0.5, 0.6) is 0 Å². The van der Waals surface area contributed by atoms with Crippen molar-refractivity contribution in [3.8, 4) is 0 Å². The molecule has 0 aromatic heterocycles. The van der Waals surface area contributed by atoms with Crippen LogP contribution >= 0.6 is 8.60 Å². The van der Waals surface area contributed by atoms with Crippen LogP contribution in [-0.4, -0.2) is 31.5 Å². The van der Waals surface area contributed by atoms with Gasteiger partial charge in [-0.05, 0) is 12.8 Å². The summed E-state index contributed by atoms with van der Waals surface area (Å²) in [6.07, 6.45) is 25.3. The molecular weight excluding hydrogens is 383 g/mol. The van der Waals surface area contributed by atoms with E-state index in [4.69, 9.17) is 13.6 Å². The van der Waals surface area contributed by atoms with Crippen LogP contribution in [0, 0.1) is 5.41 Å². The van der Waals surface area contributed by atoms with Crippen molar-refractivity contribution in [1.82, 2.24) is 0 Å². The number of aliphatic hydroxyl groups excluding tert-OH is 1. The molecule has 29 heavy (non-hydrogen) atoms. The Morgan fingerprint density at radius 3 is 1.31 bits per heavy atom. The molecule has 0 spiro atoms. The summed E-state index contributed by atoms with van der Waals surface area (Å²) in [5, 5.41) is 9.90. The van der Waals surface area contributed by atoms with Gasteiger partial charge < -0.3 is 18.7 Å². The zero-order valence-corrected chi connectivity index (χ0v) is 19.8. The van der Waals surface area contributed by atoms with Crippen LogP contribution in [0.25, 0.3) is 0 Å². The van der Waals surface area contributed by atoms with E-state index >= 15 is 0 Å². The second-order valence-corrected chi connectivity index (χ2v) is 10.6. The molecule has 0 aromatic carbocycles. The van der Waals surface area contributed by atoms with Gasteiger partial charge in [0.1, 0.15) is 0 Å². The molecule has 3 fully saturated rings. The summed E-state index contributed by atoms with van der Waals surface area (Å²) < 4.78 is 17.5. The summed E-state index contributed by atoms with van der Waals surface area (Å²) in [5.41, 5.74) is -0.214. The summed E-state index contributed by atoms with van der Waals surface area (Å²) in [5.74, 6) is 0. The van der Waals surface area contributed by atoms with Gasteiger partial charge in [0.05, 0.1) is 26.4 Å². The number of rotatable bonds is 1. The maximum Gasteiger partial charge on any atom is 0.332 e. The van der Waals surface area contributed by atoms with E-state index in [9.17, 15) is 5.11 Å². The molecule has 3 saturated heterocycles. The van der Waals surface area contributed by atoms with Gasteiger partial charge in [0, 0.05) is 5.41 Å². The summed E-state index contributed by atoms with van der Waals surface area (Å²) in [6.45, 7) is 2.04. The molecule has 1 N–H and O–H groups in total. The predicted octanol–water partition coefficient (Wildman–Crippen LogP) is 7.68. The van der Waals surface area contributed by atoms with E-state index in [-0.39, 0.29) is 12.0 Å². The molecule has 0 saturated carbocycles. The first-order valence-electron chi connectivity index (χ1n) is 12.6. The van der Waals surface area contributed by atoms with Crippen molar-refractivity contribution in [2.45, 2.75) is 122 Å². The van der Waals surface area contributed by atoms with Gasteiger partial charge in [-0.3, -0.25) is 0 Å². The minimum absolute atomic E-state index is 0.149. The fourth-order valence-electron chi connectivity index (χ4n) is 4.42. The lowest BCUT2D eigenvalue weighted by molar-refractivity contribution is -0.0338. The maximum absolute atomic E-state index is 9.90. The van der Waals surface area contributed by atoms with Crippen LogP contribution < -0.4 is 0 Å². The van der Waals surface area contributed by atoms with Crippen LogP contribution in [0.4, 0.5) is 0 Å². The predicted molar refractivity (Wildman–Crippen MR) is 122 cm³/mol. The molecule has 0 radical (unpaired) electrons. The highest BCUT2D eigenvalue weighted by atomic mass is 31.2. The fraction of sp³-hybridized carbons (Fsp3) is 1.00. The Bertz CT molecular complexity index is 366. The van der Waals surface area contributed by atoms with E-state index in [0.29, 0.717) is 13.2 Å². The second kappa shape index (κ2) is 16.9. The molecule has 0 atom stereocenters. The van der Waals surface area contributed by atoms with Gasteiger partial charge in [0.2, 0.25) is 0 Å². The molecule has 172 valence electrons. The van der Waals surface area contributed by atoms with Crippen molar-refractivity contribution in [3.05, 3.63) is 0 Å². The fourth-order valence-corrected chi connectivity index (χ4v) is 5.68. The van der Waals surface area contributed by atoms with Gasteiger partial charge in [-0.15, -0.1) is 0 Å². The van der Waals surface area contributed by atoms with E-state index < -0.39 is 8.60 Å². The Morgan fingerprint density at radius 2 is 0.897 bits per heavy atom. The minimum atomic E-state index is -1.20. The third-order valence-electron chi connectivity index (χ3n) is 6.59. The van der Waals surface area contributed by atoms with Gasteiger partial charge in [0.15, 0.2) is 0 Å². The van der Waals surface area contributed by atoms with Crippen molar-refractivity contribution in [3.63, 3.8) is 0 Å². The molecule has 5 heteroatoms. The first-order valence-corrected chi connectivity index (χ1v) is 13.7. The molecule has 0 amide bonds. The summed E-state index contributed by atoms with van der Waals surface area (Å²) in [7, 11) is -1.20. The topological polar surface area (TPSA) is 47.9 Å². The highest BCUT2D eigenvalue weighted by molar-refractivity contribution is 7.41. The highest BCUT2D eigenvalue weighted by Gasteiger charge is 2.37. The number of hydrogen-bond donors (Lipinski definition) is 1. The van der Waals surface area contributed by atoms with Crippen LogP contribution in [0.3, 0.4) is 0 Å². The third kappa shape index (κ3) is 12.0. The number of fused-ring (bicyclic) bond motifs is 22. The van der Waals surface area contributed by atoms with Gasteiger partial charge >= 0.3 is 8.60 Å². The maximum atomic E-state index is 9.90. The van der Waals surface area contributed by atoms with Crippen LogP contribution in [0.1, 0.15) is 122 Å². The van der Waals surface area contributed by atoms with Crippen molar-refractivity contribution in [2.24, 2.45) is 5.41 Å². The van der Waals surface area contributed by atoms with Crippen LogP contribution in [0.2, 0.25) is 0 Å². The Balaban J connectivity index is 1.65. The van der Waals surface area contributed by atoms with E-state index in [2.05, 4.69) is 0 Å². The zero-order valence-electron chi connectivity index (χ0n) is 18.9. The molecule has 0 aliphatic carbocycles. The second-order valence-electron chi connectivity index (χ2n) is 9.38. The Kier molecular flexibility index (Phi) is 14.9. The molecule has 3 aliphatic heterocycles.